The van der Waals surface area contributed by atoms with Crippen molar-refractivity contribution in [1.29, 1.82) is 0 Å². The number of hydrogen-bond donors (Lipinski definition) is 2. The summed E-state index contributed by atoms with van der Waals surface area (Å²) in [5.41, 5.74) is 4.24. The van der Waals surface area contributed by atoms with Crippen LogP contribution in [0.4, 0.5) is 13.2 Å². The lowest BCUT2D eigenvalue weighted by Crippen LogP contribution is -2.46. The minimum absolute atomic E-state index is 0.0848. The fourth-order valence-electron chi connectivity index (χ4n) is 1.92. The molecule has 0 aliphatic heterocycles. The standard InChI is InChI=1S/C10H17F3N2/c11-10(12,13)9(4-5-9)15-6-3-8(14)7-1-2-7/h7-8,15H,1-6,14H2. The number of hydrogen-bond acceptors (Lipinski definition) is 2. The van der Waals surface area contributed by atoms with E-state index in [0.717, 1.165) is 12.8 Å². The molecule has 2 aliphatic carbocycles. The Labute approximate surface area is 87.4 Å². The van der Waals surface area contributed by atoms with E-state index in [-0.39, 0.29) is 18.9 Å². The lowest BCUT2D eigenvalue weighted by molar-refractivity contribution is -0.165. The zero-order valence-corrected chi connectivity index (χ0v) is 8.61. The van der Waals surface area contributed by atoms with Gasteiger partial charge in [0.2, 0.25) is 0 Å². The molecule has 0 bridgehead atoms. The van der Waals surface area contributed by atoms with Crippen LogP contribution in [0.5, 0.6) is 0 Å². The molecule has 0 aromatic rings. The Balaban J connectivity index is 1.69. The Morgan fingerprint density at radius 2 is 1.93 bits per heavy atom. The fourth-order valence-corrected chi connectivity index (χ4v) is 1.92. The second-order valence-electron chi connectivity index (χ2n) is 4.80. The molecular weight excluding hydrogens is 205 g/mol. The summed E-state index contributed by atoms with van der Waals surface area (Å²) in [6.45, 7) is 0.386. The van der Waals surface area contributed by atoms with Crippen LogP contribution in [0.3, 0.4) is 0 Å². The average molecular weight is 222 g/mol. The van der Waals surface area contributed by atoms with Crippen molar-refractivity contribution in [2.75, 3.05) is 6.54 Å². The molecule has 2 rings (SSSR count). The summed E-state index contributed by atoms with van der Waals surface area (Å²) in [7, 11) is 0. The van der Waals surface area contributed by atoms with Gasteiger partial charge in [0.25, 0.3) is 0 Å². The van der Waals surface area contributed by atoms with Crippen molar-refractivity contribution in [3.05, 3.63) is 0 Å². The molecule has 2 nitrogen and oxygen atoms in total. The van der Waals surface area contributed by atoms with Crippen molar-refractivity contribution < 1.29 is 13.2 Å². The van der Waals surface area contributed by atoms with E-state index < -0.39 is 11.7 Å². The highest BCUT2D eigenvalue weighted by molar-refractivity contribution is 5.07. The first-order valence-electron chi connectivity index (χ1n) is 5.52. The van der Waals surface area contributed by atoms with E-state index in [1.54, 1.807) is 0 Å². The van der Waals surface area contributed by atoms with Crippen LogP contribution in [-0.4, -0.2) is 24.3 Å². The number of alkyl halides is 3. The summed E-state index contributed by atoms with van der Waals surface area (Å²) in [4.78, 5) is 0. The third-order valence-corrected chi connectivity index (χ3v) is 3.46. The first kappa shape index (κ1) is 11.2. The Morgan fingerprint density at radius 1 is 1.33 bits per heavy atom. The van der Waals surface area contributed by atoms with E-state index in [1.165, 1.54) is 0 Å². The molecule has 0 radical (unpaired) electrons. The summed E-state index contributed by atoms with van der Waals surface area (Å²) >= 11 is 0. The van der Waals surface area contributed by atoms with Gasteiger partial charge in [-0.25, -0.2) is 0 Å². The van der Waals surface area contributed by atoms with Crippen LogP contribution < -0.4 is 11.1 Å². The second kappa shape index (κ2) is 3.63. The van der Waals surface area contributed by atoms with Gasteiger partial charge in [-0.15, -0.1) is 0 Å². The van der Waals surface area contributed by atoms with E-state index >= 15 is 0 Å². The molecule has 2 aliphatic rings. The number of rotatable bonds is 5. The van der Waals surface area contributed by atoms with Crippen molar-refractivity contribution >= 4 is 0 Å². The van der Waals surface area contributed by atoms with Gasteiger partial charge in [0.05, 0.1) is 0 Å². The topological polar surface area (TPSA) is 38.0 Å². The van der Waals surface area contributed by atoms with Gasteiger partial charge in [-0.2, -0.15) is 13.2 Å². The van der Waals surface area contributed by atoms with Gasteiger partial charge < -0.3 is 11.1 Å². The molecule has 1 unspecified atom stereocenters. The molecule has 15 heavy (non-hydrogen) atoms. The highest BCUT2D eigenvalue weighted by atomic mass is 19.4. The summed E-state index contributed by atoms with van der Waals surface area (Å²) < 4.78 is 37.5. The van der Waals surface area contributed by atoms with Gasteiger partial charge in [-0.05, 0) is 44.6 Å². The molecule has 0 heterocycles. The van der Waals surface area contributed by atoms with E-state index in [4.69, 9.17) is 5.73 Å². The van der Waals surface area contributed by atoms with Crippen LogP contribution in [0.25, 0.3) is 0 Å². The Hall–Kier alpha value is -0.290. The smallest absolute Gasteiger partial charge is 0.327 e. The number of halogens is 3. The molecule has 1 atom stereocenters. The fraction of sp³-hybridized carbons (Fsp3) is 1.00. The summed E-state index contributed by atoms with van der Waals surface area (Å²) in [6.07, 6.45) is -0.722. The third-order valence-electron chi connectivity index (χ3n) is 3.46. The van der Waals surface area contributed by atoms with Crippen molar-refractivity contribution in [1.82, 2.24) is 5.32 Å². The van der Waals surface area contributed by atoms with Crippen LogP contribution in [0.15, 0.2) is 0 Å². The van der Waals surface area contributed by atoms with Gasteiger partial charge in [0.15, 0.2) is 0 Å². The molecule has 2 fully saturated rings. The number of nitrogens with one attached hydrogen (secondary N) is 1. The average Bonchev–Trinajstić information content (AvgIpc) is 2.99. The Morgan fingerprint density at radius 3 is 2.33 bits per heavy atom. The first-order chi connectivity index (χ1) is 6.95. The van der Waals surface area contributed by atoms with Crippen molar-refractivity contribution in [2.24, 2.45) is 11.7 Å². The maximum atomic E-state index is 12.5. The predicted octanol–water partition coefficient (Wildman–Crippen LogP) is 1.80. The maximum absolute atomic E-state index is 12.5. The maximum Gasteiger partial charge on any atom is 0.406 e. The molecular formula is C10H17F3N2. The molecule has 2 saturated carbocycles. The molecule has 0 spiro atoms. The molecule has 3 N–H and O–H groups in total. The Kier molecular flexibility index (Phi) is 2.71. The third kappa shape index (κ3) is 2.45. The van der Waals surface area contributed by atoms with Crippen LogP contribution >= 0.6 is 0 Å². The monoisotopic (exact) mass is 222 g/mol. The van der Waals surface area contributed by atoms with Crippen molar-refractivity contribution in [2.45, 2.75) is 49.9 Å². The van der Waals surface area contributed by atoms with Crippen LogP contribution in [0.1, 0.15) is 32.1 Å². The lowest BCUT2D eigenvalue weighted by atomic mass is 10.1. The minimum atomic E-state index is -4.10. The van der Waals surface area contributed by atoms with Gasteiger partial charge in [0.1, 0.15) is 5.54 Å². The molecule has 0 aromatic heterocycles. The predicted molar refractivity (Wildman–Crippen MR) is 51.3 cm³/mol. The quantitative estimate of drug-likeness (QED) is 0.744. The molecule has 0 saturated heterocycles. The van der Waals surface area contributed by atoms with Crippen LogP contribution in [0, 0.1) is 5.92 Å². The van der Waals surface area contributed by atoms with Gasteiger partial charge in [0, 0.05) is 6.04 Å². The van der Waals surface area contributed by atoms with Gasteiger partial charge in [-0.1, -0.05) is 0 Å². The normalized spacial score (nSPS) is 26.4. The minimum Gasteiger partial charge on any atom is -0.327 e. The van der Waals surface area contributed by atoms with Crippen molar-refractivity contribution in [3.63, 3.8) is 0 Å². The van der Waals surface area contributed by atoms with Crippen LogP contribution in [-0.2, 0) is 0 Å². The summed E-state index contributed by atoms with van der Waals surface area (Å²) in [6, 6.07) is 0.0848. The van der Waals surface area contributed by atoms with E-state index in [1.807, 2.05) is 0 Å². The zero-order chi connectivity index (χ0) is 11.1. The molecule has 0 aromatic carbocycles. The zero-order valence-electron chi connectivity index (χ0n) is 8.61. The molecule has 88 valence electrons. The number of nitrogens with two attached hydrogens (primary N) is 1. The van der Waals surface area contributed by atoms with E-state index in [9.17, 15) is 13.2 Å². The molecule has 0 amide bonds. The second-order valence-corrected chi connectivity index (χ2v) is 4.80. The largest absolute Gasteiger partial charge is 0.406 e. The summed E-state index contributed by atoms with van der Waals surface area (Å²) in [5.74, 6) is 0.563. The molecule has 5 heteroatoms. The SMILES string of the molecule is NC(CCNC1(C(F)(F)F)CC1)C1CC1. The highest BCUT2D eigenvalue weighted by Gasteiger charge is 2.62. The Bertz CT molecular complexity index is 231. The van der Waals surface area contributed by atoms with Crippen LogP contribution in [0.2, 0.25) is 0 Å². The van der Waals surface area contributed by atoms with E-state index in [2.05, 4.69) is 5.32 Å². The first-order valence-corrected chi connectivity index (χ1v) is 5.52. The summed E-state index contributed by atoms with van der Waals surface area (Å²) in [5, 5.41) is 2.62. The lowest BCUT2D eigenvalue weighted by Gasteiger charge is -2.21. The highest BCUT2D eigenvalue weighted by Crippen LogP contribution is 2.48. The van der Waals surface area contributed by atoms with E-state index in [0.29, 0.717) is 18.9 Å². The van der Waals surface area contributed by atoms with Gasteiger partial charge >= 0.3 is 6.18 Å². The van der Waals surface area contributed by atoms with Gasteiger partial charge in [-0.3, -0.25) is 0 Å². The van der Waals surface area contributed by atoms with Crippen molar-refractivity contribution in [3.8, 4) is 0 Å².